The number of ether oxygens (including phenoxy) is 1. The summed E-state index contributed by atoms with van der Waals surface area (Å²) in [6.07, 6.45) is 1.62. The number of likely N-dealkylation sites (tertiary alicyclic amines) is 1. The van der Waals surface area contributed by atoms with Crippen LogP contribution in [-0.2, 0) is 11.3 Å². The predicted octanol–water partition coefficient (Wildman–Crippen LogP) is 3.35. The SMILES string of the molecule is COc1ccc(CNC(=O)C2CCCN(C(=O)c3cc4ccccc4[nH]3)C2)cc1. The van der Waals surface area contributed by atoms with Gasteiger partial charge in [0.05, 0.1) is 13.0 Å². The van der Waals surface area contributed by atoms with Crippen LogP contribution in [0.15, 0.2) is 54.6 Å². The maximum Gasteiger partial charge on any atom is 0.270 e. The second kappa shape index (κ2) is 8.39. The number of piperidine rings is 1. The first kappa shape index (κ1) is 19.1. The minimum atomic E-state index is -0.185. The van der Waals surface area contributed by atoms with E-state index in [0.717, 1.165) is 35.1 Å². The van der Waals surface area contributed by atoms with Gasteiger partial charge in [0.25, 0.3) is 5.91 Å². The van der Waals surface area contributed by atoms with E-state index in [9.17, 15) is 9.59 Å². The Morgan fingerprint density at radius 2 is 1.97 bits per heavy atom. The van der Waals surface area contributed by atoms with Crippen LogP contribution in [0.4, 0.5) is 0 Å². The summed E-state index contributed by atoms with van der Waals surface area (Å²) >= 11 is 0. The number of nitrogens with zero attached hydrogens (tertiary/aromatic N) is 1. The minimum absolute atomic E-state index is 0.00466. The van der Waals surface area contributed by atoms with E-state index in [1.54, 1.807) is 12.0 Å². The van der Waals surface area contributed by atoms with Crippen LogP contribution < -0.4 is 10.1 Å². The summed E-state index contributed by atoms with van der Waals surface area (Å²) in [5, 5.41) is 4.02. The Morgan fingerprint density at radius 3 is 2.72 bits per heavy atom. The first-order chi connectivity index (χ1) is 14.1. The van der Waals surface area contributed by atoms with Crippen molar-refractivity contribution in [1.82, 2.24) is 15.2 Å². The van der Waals surface area contributed by atoms with E-state index in [2.05, 4.69) is 10.3 Å². The molecule has 29 heavy (non-hydrogen) atoms. The number of nitrogens with one attached hydrogen (secondary N) is 2. The molecular weight excluding hydrogens is 366 g/mol. The Hall–Kier alpha value is -3.28. The van der Waals surface area contributed by atoms with Crippen LogP contribution in [0.1, 0.15) is 28.9 Å². The summed E-state index contributed by atoms with van der Waals surface area (Å²) in [7, 11) is 1.63. The van der Waals surface area contributed by atoms with Crippen molar-refractivity contribution in [1.29, 1.82) is 0 Å². The lowest BCUT2D eigenvalue weighted by Gasteiger charge is -2.31. The van der Waals surface area contributed by atoms with Gasteiger partial charge in [-0.1, -0.05) is 30.3 Å². The van der Waals surface area contributed by atoms with Crippen molar-refractivity contribution in [3.63, 3.8) is 0 Å². The monoisotopic (exact) mass is 391 g/mol. The lowest BCUT2D eigenvalue weighted by molar-refractivity contribution is -0.126. The van der Waals surface area contributed by atoms with Gasteiger partial charge in [0.1, 0.15) is 11.4 Å². The molecule has 0 radical (unpaired) electrons. The smallest absolute Gasteiger partial charge is 0.270 e. The zero-order chi connectivity index (χ0) is 20.2. The van der Waals surface area contributed by atoms with Gasteiger partial charge in [0.15, 0.2) is 0 Å². The maximum absolute atomic E-state index is 12.9. The average Bonchev–Trinajstić information content (AvgIpc) is 3.21. The lowest BCUT2D eigenvalue weighted by Crippen LogP contribution is -2.45. The molecular formula is C23H25N3O3. The number of amides is 2. The number of para-hydroxylation sites is 1. The van der Waals surface area contributed by atoms with E-state index in [1.165, 1.54) is 0 Å². The fourth-order valence-electron chi connectivity index (χ4n) is 3.81. The number of hydrogen-bond donors (Lipinski definition) is 2. The second-order valence-electron chi connectivity index (χ2n) is 7.43. The number of carbonyl (C=O) groups excluding carboxylic acids is 2. The van der Waals surface area contributed by atoms with Gasteiger partial charge >= 0.3 is 0 Å². The molecule has 1 atom stereocenters. The molecule has 0 spiro atoms. The number of aromatic nitrogens is 1. The number of benzene rings is 2. The molecule has 2 aromatic carbocycles. The highest BCUT2D eigenvalue weighted by atomic mass is 16.5. The first-order valence-electron chi connectivity index (χ1n) is 9.92. The van der Waals surface area contributed by atoms with Gasteiger partial charge in [-0.05, 0) is 42.7 Å². The van der Waals surface area contributed by atoms with E-state index in [0.29, 0.717) is 25.3 Å². The number of rotatable bonds is 5. The van der Waals surface area contributed by atoms with E-state index in [-0.39, 0.29) is 17.7 Å². The Balaban J connectivity index is 1.36. The molecule has 3 aromatic rings. The molecule has 4 rings (SSSR count). The van der Waals surface area contributed by atoms with Gasteiger partial charge in [-0.25, -0.2) is 0 Å². The highest BCUT2D eigenvalue weighted by molar-refractivity contribution is 5.98. The molecule has 6 heteroatoms. The lowest BCUT2D eigenvalue weighted by atomic mass is 9.96. The van der Waals surface area contributed by atoms with Crippen LogP contribution in [-0.4, -0.2) is 41.9 Å². The second-order valence-corrected chi connectivity index (χ2v) is 7.43. The van der Waals surface area contributed by atoms with Crippen molar-refractivity contribution < 1.29 is 14.3 Å². The Morgan fingerprint density at radius 1 is 1.17 bits per heavy atom. The minimum Gasteiger partial charge on any atom is -0.497 e. The van der Waals surface area contributed by atoms with Crippen LogP contribution in [0.5, 0.6) is 5.75 Å². The Bertz CT molecular complexity index is 977. The largest absolute Gasteiger partial charge is 0.497 e. The van der Waals surface area contributed by atoms with E-state index in [1.807, 2.05) is 54.6 Å². The highest BCUT2D eigenvalue weighted by Gasteiger charge is 2.29. The third-order valence-corrected chi connectivity index (χ3v) is 5.47. The number of carbonyl (C=O) groups is 2. The third kappa shape index (κ3) is 4.26. The molecule has 0 bridgehead atoms. The zero-order valence-corrected chi connectivity index (χ0v) is 16.5. The van der Waals surface area contributed by atoms with Gasteiger partial charge < -0.3 is 19.9 Å². The molecule has 2 amide bonds. The summed E-state index contributed by atoms with van der Waals surface area (Å²) in [5.74, 6) is 0.553. The van der Waals surface area contributed by atoms with Crippen molar-refractivity contribution in [2.24, 2.45) is 5.92 Å². The predicted molar refractivity (Wildman–Crippen MR) is 112 cm³/mol. The molecule has 1 aromatic heterocycles. The summed E-state index contributed by atoms with van der Waals surface area (Å²) in [5.41, 5.74) is 2.54. The summed E-state index contributed by atoms with van der Waals surface area (Å²) < 4.78 is 5.15. The average molecular weight is 391 g/mol. The maximum atomic E-state index is 12.9. The molecule has 6 nitrogen and oxygen atoms in total. The number of aromatic amines is 1. The van der Waals surface area contributed by atoms with Crippen molar-refractivity contribution >= 4 is 22.7 Å². The topological polar surface area (TPSA) is 74.4 Å². The van der Waals surface area contributed by atoms with Crippen LogP contribution >= 0.6 is 0 Å². The number of methoxy groups -OCH3 is 1. The highest BCUT2D eigenvalue weighted by Crippen LogP contribution is 2.21. The Labute approximate surface area is 169 Å². The van der Waals surface area contributed by atoms with Gasteiger partial charge in [0, 0.05) is 30.5 Å². The van der Waals surface area contributed by atoms with Crippen LogP contribution in [0.2, 0.25) is 0 Å². The van der Waals surface area contributed by atoms with Crippen molar-refractivity contribution in [2.45, 2.75) is 19.4 Å². The van der Waals surface area contributed by atoms with Gasteiger partial charge in [-0.2, -0.15) is 0 Å². The molecule has 1 unspecified atom stereocenters. The normalized spacial score (nSPS) is 16.6. The summed E-state index contributed by atoms with van der Waals surface area (Å²) in [6, 6.07) is 17.3. The number of H-pyrrole nitrogens is 1. The molecule has 150 valence electrons. The van der Waals surface area contributed by atoms with Crippen molar-refractivity contribution in [3.8, 4) is 5.75 Å². The van der Waals surface area contributed by atoms with Gasteiger partial charge in [-0.3, -0.25) is 9.59 Å². The molecule has 1 fully saturated rings. The Kier molecular flexibility index (Phi) is 5.51. The summed E-state index contributed by atoms with van der Waals surface area (Å²) in [6.45, 7) is 1.59. The molecule has 1 aliphatic rings. The van der Waals surface area contributed by atoms with Crippen molar-refractivity contribution in [2.75, 3.05) is 20.2 Å². The quantitative estimate of drug-likeness (QED) is 0.700. The fourth-order valence-corrected chi connectivity index (χ4v) is 3.81. The standard InChI is InChI=1S/C23H25N3O3/c1-29-19-10-8-16(9-11-19)14-24-22(27)18-6-4-12-26(15-18)23(28)21-13-17-5-2-3-7-20(17)25-21/h2-3,5,7-11,13,18,25H,4,6,12,14-15H2,1H3,(H,24,27). The van der Waals surface area contributed by atoms with Gasteiger partial charge in [0.2, 0.25) is 5.91 Å². The van der Waals surface area contributed by atoms with E-state index in [4.69, 9.17) is 4.74 Å². The molecule has 0 saturated carbocycles. The van der Waals surface area contributed by atoms with Crippen molar-refractivity contribution in [3.05, 3.63) is 65.9 Å². The fraction of sp³-hybridized carbons (Fsp3) is 0.304. The van der Waals surface area contributed by atoms with E-state index >= 15 is 0 Å². The number of fused-ring (bicyclic) bond motifs is 1. The molecule has 0 aliphatic carbocycles. The van der Waals surface area contributed by atoms with Crippen LogP contribution in [0, 0.1) is 5.92 Å². The third-order valence-electron chi connectivity index (χ3n) is 5.47. The summed E-state index contributed by atoms with van der Waals surface area (Å²) in [4.78, 5) is 30.6. The van der Waals surface area contributed by atoms with Gasteiger partial charge in [-0.15, -0.1) is 0 Å². The molecule has 2 N–H and O–H groups in total. The van der Waals surface area contributed by atoms with E-state index < -0.39 is 0 Å². The van der Waals surface area contributed by atoms with Crippen LogP contribution in [0.25, 0.3) is 10.9 Å². The number of hydrogen-bond acceptors (Lipinski definition) is 3. The first-order valence-corrected chi connectivity index (χ1v) is 9.92. The zero-order valence-electron chi connectivity index (χ0n) is 16.5. The molecule has 2 heterocycles. The van der Waals surface area contributed by atoms with Crippen LogP contribution in [0.3, 0.4) is 0 Å². The molecule has 1 aliphatic heterocycles. The molecule has 1 saturated heterocycles.